The second-order valence-corrected chi connectivity index (χ2v) is 7.79. The van der Waals surface area contributed by atoms with Crippen LogP contribution in [0, 0.1) is 5.92 Å². The van der Waals surface area contributed by atoms with Crippen molar-refractivity contribution in [3.05, 3.63) is 78.8 Å². The van der Waals surface area contributed by atoms with Gasteiger partial charge in [0.05, 0.1) is 17.6 Å². The van der Waals surface area contributed by atoms with Crippen molar-refractivity contribution in [3.63, 3.8) is 0 Å². The third-order valence-corrected chi connectivity index (χ3v) is 6.01. The lowest BCUT2D eigenvalue weighted by atomic mass is 10.1. The number of anilines is 1. The second kappa shape index (κ2) is 7.66. The van der Waals surface area contributed by atoms with Gasteiger partial charge in [-0.05, 0) is 17.9 Å². The van der Waals surface area contributed by atoms with Crippen LogP contribution in [0.3, 0.4) is 0 Å². The number of rotatable bonds is 4. The summed E-state index contributed by atoms with van der Waals surface area (Å²) in [6, 6.07) is 20.6. The summed E-state index contributed by atoms with van der Waals surface area (Å²) in [5, 5.41) is 0. The van der Waals surface area contributed by atoms with Crippen molar-refractivity contribution < 1.29 is 4.79 Å². The van der Waals surface area contributed by atoms with Crippen LogP contribution >= 0.6 is 0 Å². The first-order valence-corrected chi connectivity index (χ1v) is 10.3. The van der Waals surface area contributed by atoms with Gasteiger partial charge >= 0.3 is 0 Å². The van der Waals surface area contributed by atoms with E-state index in [1.54, 1.807) is 6.33 Å². The molecule has 1 aliphatic carbocycles. The zero-order valence-electron chi connectivity index (χ0n) is 16.3. The zero-order chi connectivity index (χ0) is 19.6. The van der Waals surface area contributed by atoms with Crippen molar-refractivity contribution in [2.45, 2.75) is 12.3 Å². The van der Waals surface area contributed by atoms with Gasteiger partial charge in [0.1, 0.15) is 6.33 Å². The first-order valence-electron chi connectivity index (χ1n) is 10.3. The summed E-state index contributed by atoms with van der Waals surface area (Å²) in [7, 11) is 0. The van der Waals surface area contributed by atoms with Crippen LogP contribution in [-0.4, -0.2) is 47.0 Å². The number of hydrogen-bond acceptors (Lipinski definition) is 4. The Balaban J connectivity index is 1.25. The van der Waals surface area contributed by atoms with Gasteiger partial charge in [-0.1, -0.05) is 60.7 Å². The highest BCUT2D eigenvalue weighted by Crippen LogP contribution is 2.48. The molecular formula is C24H24N4O. The number of benzene rings is 2. The molecule has 2 atom stereocenters. The Bertz CT molecular complexity index is 984. The third kappa shape index (κ3) is 3.60. The summed E-state index contributed by atoms with van der Waals surface area (Å²) in [5.74, 6) is 0.865. The Morgan fingerprint density at radius 3 is 2.31 bits per heavy atom. The monoisotopic (exact) mass is 384 g/mol. The molecule has 5 nitrogen and oxygen atoms in total. The van der Waals surface area contributed by atoms with Crippen LogP contribution in [0.5, 0.6) is 0 Å². The summed E-state index contributed by atoms with van der Waals surface area (Å²) in [4.78, 5) is 26.1. The molecular weight excluding hydrogens is 360 g/mol. The molecule has 2 aromatic carbocycles. The maximum atomic E-state index is 13.0. The Hall–Kier alpha value is -3.21. The molecule has 0 spiro atoms. The van der Waals surface area contributed by atoms with Crippen LogP contribution in [0.25, 0.3) is 11.3 Å². The molecule has 29 heavy (non-hydrogen) atoms. The Kier molecular flexibility index (Phi) is 4.72. The first kappa shape index (κ1) is 17.9. The van der Waals surface area contributed by atoms with E-state index >= 15 is 0 Å². The van der Waals surface area contributed by atoms with Gasteiger partial charge in [0.2, 0.25) is 5.91 Å². The lowest BCUT2D eigenvalue weighted by Gasteiger charge is -2.36. The second-order valence-electron chi connectivity index (χ2n) is 7.79. The van der Waals surface area contributed by atoms with Crippen LogP contribution in [0.15, 0.2) is 73.2 Å². The minimum Gasteiger partial charge on any atom is -0.365 e. The Labute approximate surface area is 171 Å². The molecule has 5 heteroatoms. The molecule has 0 N–H and O–H groups in total. The molecule has 1 aliphatic heterocycles. The van der Waals surface area contributed by atoms with Crippen LogP contribution in [-0.2, 0) is 4.79 Å². The van der Waals surface area contributed by atoms with Crippen molar-refractivity contribution in [2.24, 2.45) is 5.92 Å². The van der Waals surface area contributed by atoms with Crippen LogP contribution in [0.2, 0.25) is 0 Å². The number of carbonyl (C=O) groups excluding carboxylic acids is 1. The summed E-state index contributed by atoms with van der Waals surface area (Å²) >= 11 is 0. The van der Waals surface area contributed by atoms with Crippen molar-refractivity contribution in [2.75, 3.05) is 31.1 Å². The van der Waals surface area contributed by atoms with Crippen LogP contribution in [0.4, 0.5) is 5.69 Å². The van der Waals surface area contributed by atoms with Gasteiger partial charge < -0.3 is 9.80 Å². The minimum absolute atomic E-state index is 0.156. The number of aromatic nitrogens is 2. The molecule has 1 aromatic heterocycles. The van der Waals surface area contributed by atoms with Gasteiger partial charge in [0, 0.05) is 37.7 Å². The predicted molar refractivity (Wildman–Crippen MR) is 114 cm³/mol. The number of amides is 1. The van der Waals surface area contributed by atoms with Crippen molar-refractivity contribution in [1.29, 1.82) is 0 Å². The fraction of sp³-hybridized carbons (Fsp3) is 0.292. The van der Waals surface area contributed by atoms with E-state index in [-0.39, 0.29) is 5.92 Å². The molecule has 2 heterocycles. The molecule has 2 aliphatic rings. The van der Waals surface area contributed by atoms with E-state index in [9.17, 15) is 4.79 Å². The smallest absolute Gasteiger partial charge is 0.226 e. The maximum Gasteiger partial charge on any atom is 0.226 e. The van der Waals surface area contributed by atoms with Crippen molar-refractivity contribution >= 4 is 11.6 Å². The average molecular weight is 384 g/mol. The van der Waals surface area contributed by atoms with Gasteiger partial charge in [-0.25, -0.2) is 9.97 Å². The molecule has 0 radical (unpaired) electrons. The van der Waals surface area contributed by atoms with Gasteiger partial charge in [-0.2, -0.15) is 0 Å². The molecule has 1 saturated heterocycles. The highest BCUT2D eigenvalue weighted by molar-refractivity contribution is 5.83. The van der Waals surface area contributed by atoms with Gasteiger partial charge in [-0.15, -0.1) is 0 Å². The van der Waals surface area contributed by atoms with E-state index < -0.39 is 0 Å². The molecule has 1 amide bonds. The standard InChI is InChI=1S/C24H24N4O/c29-24(21-15-20(21)18-7-3-1-4-8-18)28-13-11-27(12-14-28)22-16-25-17-26-23(22)19-9-5-2-6-10-19/h1-10,16-17,20-21H,11-15H2/t20-,21?/m0/s1. The van der Waals surface area contributed by atoms with Crippen LogP contribution in [0.1, 0.15) is 17.9 Å². The number of hydrogen-bond donors (Lipinski definition) is 0. The fourth-order valence-corrected chi connectivity index (χ4v) is 4.31. The van der Waals surface area contributed by atoms with Gasteiger partial charge in [0.15, 0.2) is 0 Å². The fourth-order valence-electron chi connectivity index (χ4n) is 4.31. The molecule has 1 saturated carbocycles. The highest BCUT2D eigenvalue weighted by atomic mass is 16.2. The van der Waals surface area contributed by atoms with E-state index in [1.807, 2.05) is 35.4 Å². The van der Waals surface area contributed by atoms with Crippen LogP contribution < -0.4 is 4.90 Å². The first-order chi connectivity index (χ1) is 14.3. The lowest BCUT2D eigenvalue weighted by molar-refractivity contribution is -0.132. The predicted octanol–water partition coefficient (Wildman–Crippen LogP) is 3.60. The Morgan fingerprint density at radius 2 is 1.59 bits per heavy atom. The lowest BCUT2D eigenvalue weighted by Crippen LogP contribution is -2.49. The molecule has 0 bridgehead atoms. The Morgan fingerprint density at radius 1 is 0.897 bits per heavy atom. The summed E-state index contributed by atoms with van der Waals surface area (Å²) in [5.41, 5.74) is 4.37. The molecule has 146 valence electrons. The minimum atomic E-state index is 0.156. The summed E-state index contributed by atoms with van der Waals surface area (Å²) < 4.78 is 0. The van der Waals surface area contributed by atoms with Gasteiger partial charge in [-0.3, -0.25) is 4.79 Å². The van der Waals surface area contributed by atoms with E-state index in [1.165, 1.54) is 5.56 Å². The molecule has 2 fully saturated rings. The largest absolute Gasteiger partial charge is 0.365 e. The molecule has 5 rings (SSSR count). The van der Waals surface area contributed by atoms with Crippen molar-refractivity contribution in [3.8, 4) is 11.3 Å². The number of carbonyl (C=O) groups is 1. The normalized spacial score (nSPS) is 21.1. The molecule has 1 unspecified atom stereocenters. The summed E-state index contributed by atoms with van der Waals surface area (Å²) in [6.45, 7) is 3.11. The highest BCUT2D eigenvalue weighted by Gasteiger charge is 2.46. The van der Waals surface area contributed by atoms with E-state index in [0.29, 0.717) is 11.8 Å². The average Bonchev–Trinajstić information content (AvgIpc) is 3.61. The molecule has 3 aromatic rings. The third-order valence-electron chi connectivity index (χ3n) is 6.01. The van der Waals surface area contributed by atoms with Gasteiger partial charge in [0.25, 0.3) is 0 Å². The number of piperazine rings is 1. The summed E-state index contributed by atoms with van der Waals surface area (Å²) in [6.07, 6.45) is 4.47. The number of nitrogens with zero attached hydrogens (tertiary/aromatic N) is 4. The zero-order valence-corrected chi connectivity index (χ0v) is 16.3. The SMILES string of the molecule is O=C(C1C[C@H]1c1ccccc1)N1CCN(c2cncnc2-c2ccccc2)CC1. The van der Waals surface area contributed by atoms with E-state index in [0.717, 1.165) is 49.5 Å². The quantitative estimate of drug-likeness (QED) is 0.690. The van der Waals surface area contributed by atoms with Crippen molar-refractivity contribution in [1.82, 2.24) is 14.9 Å². The van der Waals surface area contributed by atoms with E-state index in [2.05, 4.69) is 51.3 Å². The van der Waals surface area contributed by atoms with E-state index in [4.69, 9.17) is 0 Å². The maximum absolute atomic E-state index is 13.0. The topological polar surface area (TPSA) is 49.3 Å².